The van der Waals surface area contributed by atoms with Gasteiger partial charge in [-0.05, 0) is 61.5 Å². The number of carbonyl (C=O) groups is 1. The first-order valence-corrected chi connectivity index (χ1v) is 9.42. The van der Waals surface area contributed by atoms with Crippen LogP contribution in [-0.4, -0.2) is 24.6 Å². The van der Waals surface area contributed by atoms with E-state index in [0.717, 1.165) is 5.56 Å². The van der Waals surface area contributed by atoms with E-state index in [-0.39, 0.29) is 26.9 Å². The van der Waals surface area contributed by atoms with E-state index in [1.165, 1.54) is 42.5 Å². The van der Waals surface area contributed by atoms with Crippen molar-refractivity contribution >= 4 is 15.8 Å². The molecule has 2 N–H and O–H groups in total. The lowest BCUT2D eigenvalue weighted by molar-refractivity contribution is 0.0693. The summed E-state index contributed by atoms with van der Waals surface area (Å²) < 4.78 is 30.8. The Labute approximate surface area is 156 Å². The van der Waals surface area contributed by atoms with E-state index in [1.54, 1.807) is 24.3 Å². The van der Waals surface area contributed by atoms with Gasteiger partial charge in [-0.3, -0.25) is 0 Å². The normalized spacial score (nSPS) is 11.1. The van der Waals surface area contributed by atoms with Crippen LogP contribution in [0.2, 0.25) is 0 Å². The van der Waals surface area contributed by atoms with Gasteiger partial charge in [0, 0.05) is 0 Å². The molecule has 138 valence electrons. The molecule has 0 aliphatic rings. The molecule has 7 heteroatoms. The van der Waals surface area contributed by atoms with Crippen LogP contribution in [0.4, 0.5) is 0 Å². The van der Waals surface area contributed by atoms with E-state index in [9.17, 15) is 18.3 Å². The average Bonchev–Trinajstić information content (AvgIpc) is 2.64. The van der Waals surface area contributed by atoms with Crippen LogP contribution in [0.3, 0.4) is 0 Å². The molecule has 0 saturated heterocycles. The van der Waals surface area contributed by atoms with E-state index < -0.39 is 15.8 Å². The lowest BCUT2D eigenvalue weighted by Gasteiger charge is -2.09. The van der Waals surface area contributed by atoms with E-state index in [4.69, 9.17) is 9.84 Å². The standard InChI is InChI=1S/C20H16O6S/c1-13-2-7-16(8-3-13)27(24,25)17-9-4-14(5-10-17)26-15-6-11-19(21)18(12-15)20(22)23/h2-12,21H,1H3,(H,22,23). The summed E-state index contributed by atoms with van der Waals surface area (Å²) >= 11 is 0. The largest absolute Gasteiger partial charge is 0.507 e. The average molecular weight is 384 g/mol. The van der Waals surface area contributed by atoms with Crippen LogP contribution < -0.4 is 4.74 Å². The van der Waals surface area contributed by atoms with Crippen molar-refractivity contribution < 1.29 is 28.2 Å². The number of aromatic carboxylic acids is 1. The van der Waals surface area contributed by atoms with Gasteiger partial charge in [0.1, 0.15) is 22.8 Å². The summed E-state index contributed by atoms with van der Waals surface area (Å²) in [6.45, 7) is 1.88. The number of phenols is 1. The van der Waals surface area contributed by atoms with Crippen molar-refractivity contribution in [1.29, 1.82) is 0 Å². The highest BCUT2D eigenvalue weighted by Gasteiger charge is 2.17. The molecule has 3 aromatic carbocycles. The Morgan fingerprint density at radius 1 is 0.852 bits per heavy atom. The zero-order valence-electron chi connectivity index (χ0n) is 14.3. The smallest absolute Gasteiger partial charge is 0.339 e. The van der Waals surface area contributed by atoms with Gasteiger partial charge < -0.3 is 14.9 Å². The fourth-order valence-corrected chi connectivity index (χ4v) is 3.69. The molecule has 0 atom stereocenters. The van der Waals surface area contributed by atoms with Crippen LogP contribution in [0.25, 0.3) is 0 Å². The second-order valence-electron chi connectivity index (χ2n) is 5.87. The van der Waals surface area contributed by atoms with Crippen LogP contribution in [0.15, 0.2) is 76.5 Å². The van der Waals surface area contributed by atoms with E-state index in [0.29, 0.717) is 5.75 Å². The van der Waals surface area contributed by atoms with Crippen LogP contribution >= 0.6 is 0 Å². The first-order chi connectivity index (χ1) is 12.8. The summed E-state index contributed by atoms with van der Waals surface area (Å²) in [5, 5.41) is 18.5. The molecule has 0 unspecified atom stereocenters. The van der Waals surface area contributed by atoms with Crippen LogP contribution in [-0.2, 0) is 9.84 Å². The van der Waals surface area contributed by atoms with Gasteiger partial charge in [-0.15, -0.1) is 0 Å². The lowest BCUT2D eigenvalue weighted by Crippen LogP contribution is -2.02. The van der Waals surface area contributed by atoms with Crippen molar-refractivity contribution in [3.63, 3.8) is 0 Å². The van der Waals surface area contributed by atoms with Crippen molar-refractivity contribution in [2.75, 3.05) is 0 Å². The third kappa shape index (κ3) is 3.93. The molecule has 6 nitrogen and oxygen atoms in total. The number of aryl methyl sites for hydroxylation is 1. The Kier molecular flexibility index (Phi) is 4.87. The maximum Gasteiger partial charge on any atom is 0.339 e. The van der Waals surface area contributed by atoms with Gasteiger partial charge in [-0.25, -0.2) is 13.2 Å². The Hall–Kier alpha value is -3.32. The van der Waals surface area contributed by atoms with E-state index in [1.807, 2.05) is 6.92 Å². The highest BCUT2D eigenvalue weighted by atomic mass is 32.2. The Bertz CT molecular complexity index is 1080. The molecule has 0 fully saturated rings. The molecule has 3 rings (SSSR count). The Morgan fingerprint density at radius 2 is 1.37 bits per heavy atom. The van der Waals surface area contributed by atoms with Crippen molar-refractivity contribution in [2.24, 2.45) is 0 Å². The number of hydrogen-bond donors (Lipinski definition) is 2. The summed E-state index contributed by atoms with van der Waals surface area (Å²) in [7, 11) is -3.64. The molecule has 0 aromatic heterocycles. The topological polar surface area (TPSA) is 101 Å². The van der Waals surface area contributed by atoms with Crippen molar-refractivity contribution in [3.05, 3.63) is 77.9 Å². The van der Waals surface area contributed by atoms with Crippen molar-refractivity contribution in [2.45, 2.75) is 16.7 Å². The SMILES string of the molecule is Cc1ccc(S(=O)(=O)c2ccc(Oc3ccc(O)c(C(=O)O)c3)cc2)cc1. The van der Waals surface area contributed by atoms with Crippen LogP contribution in [0.5, 0.6) is 17.2 Å². The highest BCUT2D eigenvalue weighted by molar-refractivity contribution is 7.91. The predicted octanol–water partition coefficient (Wildman–Crippen LogP) is 4.02. The van der Waals surface area contributed by atoms with Gasteiger partial charge in [0.2, 0.25) is 9.84 Å². The number of rotatable bonds is 5. The maximum atomic E-state index is 12.6. The number of benzene rings is 3. The highest BCUT2D eigenvalue weighted by Crippen LogP contribution is 2.29. The second-order valence-corrected chi connectivity index (χ2v) is 7.82. The minimum atomic E-state index is -3.64. The van der Waals surface area contributed by atoms with Crippen molar-refractivity contribution in [1.82, 2.24) is 0 Å². The molecule has 0 amide bonds. The zero-order chi connectivity index (χ0) is 19.6. The summed E-state index contributed by atoms with van der Waals surface area (Å²) in [5.41, 5.74) is 0.679. The van der Waals surface area contributed by atoms with E-state index in [2.05, 4.69) is 0 Å². The third-order valence-corrected chi connectivity index (χ3v) is 5.68. The molecular formula is C20H16O6S. The van der Waals surface area contributed by atoms with Gasteiger partial charge in [0.05, 0.1) is 9.79 Å². The summed E-state index contributed by atoms with van der Waals surface area (Å²) in [5.74, 6) is -1.11. The lowest BCUT2D eigenvalue weighted by atomic mass is 10.2. The monoisotopic (exact) mass is 384 g/mol. The maximum absolute atomic E-state index is 12.6. The third-order valence-electron chi connectivity index (χ3n) is 3.90. The van der Waals surface area contributed by atoms with Crippen LogP contribution in [0.1, 0.15) is 15.9 Å². The fraction of sp³-hybridized carbons (Fsp3) is 0.0500. The van der Waals surface area contributed by atoms with Crippen molar-refractivity contribution in [3.8, 4) is 17.2 Å². The number of aromatic hydroxyl groups is 1. The molecule has 0 aliphatic carbocycles. The predicted molar refractivity (Wildman–Crippen MR) is 98.2 cm³/mol. The molecule has 0 saturated carbocycles. The number of sulfone groups is 1. The molecule has 3 aromatic rings. The number of carboxylic acid groups (broad SMARTS) is 1. The first kappa shape index (κ1) is 18.5. The minimum absolute atomic E-state index is 0.121. The summed E-state index contributed by atoms with van der Waals surface area (Å²) in [6, 6.07) is 16.2. The number of carboxylic acids is 1. The molecular weight excluding hydrogens is 368 g/mol. The second kappa shape index (κ2) is 7.13. The summed E-state index contributed by atoms with van der Waals surface area (Å²) in [4.78, 5) is 11.4. The number of hydrogen-bond acceptors (Lipinski definition) is 5. The quantitative estimate of drug-likeness (QED) is 0.689. The fourth-order valence-electron chi connectivity index (χ4n) is 2.43. The molecule has 0 heterocycles. The zero-order valence-corrected chi connectivity index (χ0v) is 15.1. The Morgan fingerprint density at radius 3 is 1.93 bits per heavy atom. The minimum Gasteiger partial charge on any atom is -0.507 e. The Balaban J connectivity index is 1.84. The van der Waals surface area contributed by atoms with Gasteiger partial charge in [-0.1, -0.05) is 17.7 Å². The van der Waals surface area contributed by atoms with Gasteiger partial charge in [-0.2, -0.15) is 0 Å². The summed E-state index contributed by atoms with van der Waals surface area (Å²) in [6.07, 6.45) is 0. The molecule has 27 heavy (non-hydrogen) atoms. The van der Waals surface area contributed by atoms with Gasteiger partial charge >= 0.3 is 5.97 Å². The molecule has 0 bridgehead atoms. The van der Waals surface area contributed by atoms with E-state index >= 15 is 0 Å². The van der Waals surface area contributed by atoms with Crippen LogP contribution in [0, 0.1) is 6.92 Å². The first-order valence-electron chi connectivity index (χ1n) is 7.93. The number of ether oxygens (including phenoxy) is 1. The van der Waals surface area contributed by atoms with Gasteiger partial charge in [0.15, 0.2) is 0 Å². The molecule has 0 radical (unpaired) electrons. The molecule has 0 aliphatic heterocycles. The van der Waals surface area contributed by atoms with Gasteiger partial charge in [0.25, 0.3) is 0 Å². The molecule has 0 spiro atoms.